The largest absolute Gasteiger partial charge is 0.454 e. The molecule has 6 nitrogen and oxygen atoms in total. The van der Waals surface area contributed by atoms with Crippen LogP contribution in [0.3, 0.4) is 0 Å². The van der Waals surface area contributed by atoms with Crippen LogP contribution in [0.15, 0.2) is 42.5 Å². The Hall–Kier alpha value is -3.20. The molecule has 1 saturated heterocycles. The summed E-state index contributed by atoms with van der Waals surface area (Å²) in [5, 5.41) is 9.05. The van der Waals surface area contributed by atoms with Crippen LogP contribution in [0, 0.1) is 11.3 Å². The first-order valence-corrected chi connectivity index (χ1v) is 11.6. The smallest absolute Gasteiger partial charge is 0.233 e. The van der Waals surface area contributed by atoms with Gasteiger partial charge in [0, 0.05) is 31.9 Å². The summed E-state index contributed by atoms with van der Waals surface area (Å²) in [6.45, 7) is 3.45. The Morgan fingerprint density at radius 3 is 2.44 bits per heavy atom. The van der Waals surface area contributed by atoms with E-state index in [0.717, 1.165) is 74.5 Å². The maximum absolute atomic E-state index is 14.1. The molecule has 1 saturated carbocycles. The van der Waals surface area contributed by atoms with Crippen molar-refractivity contribution in [3.05, 3.63) is 53.6 Å². The van der Waals surface area contributed by atoms with Gasteiger partial charge in [0.05, 0.1) is 17.0 Å². The third-order valence-electron chi connectivity index (χ3n) is 7.19. The molecule has 32 heavy (non-hydrogen) atoms. The van der Waals surface area contributed by atoms with Gasteiger partial charge in [-0.25, -0.2) is 0 Å². The Bertz CT molecular complexity index is 1020. The predicted molar refractivity (Wildman–Crippen MR) is 122 cm³/mol. The number of carbonyl (C=O) groups is 1. The van der Waals surface area contributed by atoms with Crippen LogP contribution in [0.4, 0.5) is 5.69 Å². The lowest BCUT2D eigenvalue weighted by Gasteiger charge is -2.40. The lowest BCUT2D eigenvalue weighted by molar-refractivity contribution is -0.138. The van der Waals surface area contributed by atoms with Crippen molar-refractivity contribution in [3.8, 4) is 17.6 Å². The molecule has 1 amide bonds. The molecule has 0 spiro atoms. The third kappa shape index (κ3) is 3.77. The minimum absolute atomic E-state index is 0.247. The molecule has 0 radical (unpaired) electrons. The zero-order valence-electron chi connectivity index (χ0n) is 18.4. The van der Waals surface area contributed by atoms with Gasteiger partial charge in [-0.1, -0.05) is 25.3 Å². The van der Waals surface area contributed by atoms with Crippen molar-refractivity contribution in [2.45, 2.75) is 43.9 Å². The zero-order valence-corrected chi connectivity index (χ0v) is 18.4. The summed E-state index contributed by atoms with van der Waals surface area (Å²) in [4.78, 5) is 18.5. The molecule has 2 aromatic rings. The van der Waals surface area contributed by atoms with Crippen molar-refractivity contribution in [2.24, 2.45) is 0 Å². The van der Waals surface area contributed by atoms with Crippen LogP contribution in [0.25, 0.3) is 0 Å². The Labute approximate surface area is 189 Å². The Balaban J connectivity index is 1.36. The molecular weight excluding hydrogens is 402 g/mol. The van der Waals surface area contributed by atoms with Gasteiger partial charge in [0.2, 0.25) is 12.7 Å². The molecular formula is C26H29N3O3. The Morgan fingerprint density at radius 1 is 0.875 bits per heavy atom. The van der Waals surface area contributed by atoms with Crippen molar-refractivity contribution in [1.29, 1.82) is 5.26 Å². The van der Waals surface area contributed by atoms with Gasteiger partial charge in [0.1, 0.15) is 0 Å². The van der Waals surface area contributed by atoms with Crippen molar-refractivity contribution in [1.82, 2.24) is 4.90 Å². The molecule has 6 heteroatoms. The molecule has 0 atom stereocenters. The lowest BCUT2D eigenvalue weighted by Crippen LogP contribution is -2.49. The van der Waals surface area contributed by atoms with Crippen LogP contribution in [-0.2, 0) is 10.2 Å². The molecule has 1 aliphatic carbocycles. The van der Waals surface area contributed by atoms with E-state index in [4.69, 9.17) is 14.7 Å². The highest BCUT2D eigenvalue weighted by atomic mass is 16.7. The van der Waals surface area contributed by atoms with E-state index < -0.39 is 5.41 Å². The summed E-state index contributed by atoms with van der Waals surface area (Å²) >= 11 is 0. The minimum atomic E-state index is -0.469. The lowest BCUT2D eigenvalue weighted by atomic mass is 9.68. The standard InChI is InChI=1S/C26H29N3O3/c27-18-20-5-8-22(9-6-20)28-13-4-14-29(16-15-28)25(30)26(11-2-1-3-12-26)21-7-10-23-24(17-21)32-19-31-23/h5-10,17H,1-4,11-16,19H2. The van der Waals surface area contributed by atoms with E-state index in [1.54, 1.807) is 0 Å². The minimum Gasteiger partial charge on any atom is -0.454 e. The third-order valence-corrected chi connectivity index (χ3v) is 7.19. The number of nitrogens with zero attached hydrogens (tertiary/aromatic N) is 3. The second-order valence-electron chi connectivity index (χ2n) is 9.00. The molecule has 2 heterocycles. The van der Waals surface area contributed by atoms with Crippen LogP contribution >= 0.6 is 0 Å². The maximum Gasteiger partial charge on any atom is 0.233 e. The SMILES string of the molecule is N#Cc1ccc(N2CCCN(C(=O)C3(c4ccc5c(c4)OCO5)CCCCC3)CC2)cc1. The normalized spacial score (nSPS) is 19.8. The second-order valence-corrected chi connectivity index (χ2v) is 9.00. The first kappa shape index (κ1) is 20.7. The molecule has 2 aliphatic heterocycles. The Kier molecular flexibility index (Phi) is 5.65. The Morgan fingerprint density at radius 2 is 1.66 bits per heavy atom. The van der Waals surface area contributed by atoms with Crippen LogP contribution < -0.4 is 14.4 Å². The van der Waals surface area contributed by atoms with E-state index in [2.05, 4.69) is 21.9 Å². The zero-order chi connectivity index (χ0) is 22.0. The van der Waals surface area contributed by atoms with Crippen molar-refractivity contribution in [3.63, 3.8) is 0 Å². The number of carbonyl (C=O) groups excluding carboxylic acids is 1. The average molecular weight is 432 g/mol. The number of amides is 1. The average Bonchev–Trinajstić information content (AvgIpc) is 3.19. The first-order valence-electron chi connectivity index (χ1n) is 11.6. The first-order chi connectivity index (χ1) is 15.7. The van der Waals surface area contributed by atoms with Crippen LogP contribution in [-0.4, -0.2) is 43.8 Å². The number of benzene rings is 2. The van der Waals surface area contributed by atoms with Gasteiger partial charge in [-0.15, -0.1) is 0 Å². The van der Waals surface area contributed by atoms with Gasteiger partial charge in [0.15, 0.2) is 11.5 Å². The highest BCUT2D eigenvalue weighted by Gasteiger charge is 2.44. The van der Waals surface area contributed by atoms with Crippen LogP contribution in [0.2, 0.25) is 0 Å². The molecule has 166 valence electrons. The number of anilines is 1. The van der Waals surface area contributed by atoms with Crippen molar-refractivity contribution >= 4 is 11.6 Å². The summed E-state index contributed by atoms with van der Waals surface area (Å²) in [6, 6.07) is 16.0. The number of rotatable bonds is 3. The quantitative estimate of drug-likeness (QED) is 0.728. The topological polar surface area (TPSA) is 65.8 Å². The molecule has 2 aromatic carbocycles. The van der Waals surface area contributed by atoms with E-state index in [9.17, 15) is 4.79 Å². The maximum atomic E-state index is 14.1. The van der Waals surface area contributed by atoms with E-state index in [-0.39, 0.29) is 12.7 Å². The molecule has 0 unspecified atom stereocenters. The number of fused-ring (bicyclic) bond motifs is 1. The summed E-state index contributed by atoms with van der Waals surface area (Å²) in [5.74, 6) is 1.78. The predicted octanol–water partition coefficient (Wildman–Crippen LogP) is 4.23. The van der Waals surface area contributed by atoms with Crippen molar-refractivity contribution in [2.75, 3.05) is 37.9 Å². The molecule has 0 N–H and O–H groups in total. The summed E-state index contributed by atoms with van der Waals surface area (Å²) < 4.78 is 11.1. The monoisotopic (exact) mass is 431 g/mol. The van der Waals surface area contributed by atoms with E-state index in [0.29, 0.717) is 12.1 Å². The molecule has 0 bridgehead atoms. The van der Waals surface area contributed by atoms with Gasteiger partial charge in [-0.05, 0) is 61.2 Å². The number of hydrogen-bond acceptors (Lipinski definition) is 5. The molecule has 2 fully saturated rings. The molecule has 0 aromatic heterocycles. The summed E-state index contributed by atoms with van der Waals surface area (Å²) in [6.07, 6.45) is 6.05. The fourth-order valence-corrected chi connectivity index (χ4v) is 5.40. The molecule has 3 aliphatic rings. The summed E-state index contributed by atoms with van der Waals surface area (Å²) in [7, 11) is 0. The van der Waals surface area contributed by atoms with Gasteiger partial charge < -0.3 is 19.3 Å². The molecule has 5 rings (SSSR count). The van der Waals surface area contributed by atoms with E-state index in [1.165, 1.54) is 6.42 Å². The van der Waals surface area contributed by atoms with Gasteiger partial charge in [0.25, 0.3) is 0 Å². The number of hydrogen-bond donors (Lipinski definition) is 0. The van der Waals surface area contributed by atoms with Crippen LogP contribution in [0.5, 0.6) is 11.5 Å². The van der Waals surface area contributed by atoms with Crippen molar-refractivity contribution < 1.29 is 14.3 Å². The highest BCUT2D eigenvalue weighted by molar-refractivity contribution is 5.89. The van der Waals surface area contributed by atoms with Gasteiger partial charge >= 0.3 is 0 Å². The highest BCUT2D eigenvalue weighted by Crippen LogP contribution is 2.44. The van der Waals surface area contributed by atoms with Crippen LogP contribution in [0.1, 0.15) is 49.7 Å². The van der Waals surface area contributed by atoms with E-state index >= 15 is 0 Å². The van der Waals surface area contributed by atoms with Gasteiger partial charge in [-0.2, -0.15) is 5.26 Å². The van der Waals surface area contributed by atoms with E-state index in [1.807, 2.05) is 36.4 Å². The number of nitriles is 1. The second kappa shape index (κ2) is 8.74. The fourth-order valence-electron chi connectivity index (χ4n) is 5.40. The summed E-state index contributed by atoms with van der Waals surface area (Å²) in [5.41, 5.74) is 2.38. The number of ether oxygens (including phenoxy) is 2. The van der Waals surface area contributed by atoms with Gasteiger partial charge in [-0.3, -0.25) is 4.79 Å². The fraction of sp³-hybridized carbons (Fsp3) is 0.462.